The summed E-state index contributed by atoms with van der Waals surface area (Å²) in [4.78, 5) is 9.46. The molecule has 0 bridgehead atoms. The van der Waals surface area contributed by atoms with Gasteiger partial charge in [0.05, 0.1) is 0 Å². The number of pyridine rings is 1. The molecule has 3 heterocycles. The highest BCUT2D eigenvalue weighted by Crippen LogP contribution is 2.30. The predicted octanol–water partition coefficient (Wildman–Crippen LogP) is 2.94. The van der Waals surface area contributed by atoms with Gasteiger partial charge in [0.15, 0.2) is 5.65 Å². The van der Waals surface area contributed by atoms with Crippen LogP contribution in [-0.4, -0.2) is 27.6 Å². The molecule has 1 N–H and O–H groups in total. The largest absolute Gasteiger partial charge is 0.317 e. The van der Waals surface area contributed by atoms with Crippen LogP contribution in [0.3, 0.4) is 0 Å². The Hall–Kier alpha value is -1.42. The highest BCUT2D eigenvalue weighted by atomic mass is 15.1. The van der Waals surface area contributed by atoms with Crippen LogP contribution in [0, 0.1) is 5.41 Å². The predicted molar refractivity (Wildman–Crippen MR) is 81.8 cm³/mol. The first-order chi connectivity index (χ1) is 9.54. The molecule has 0 saturated carbocycles. The maximum absolute atomic E-state index is 4.89. The van der Waals surface area contributed by atoms with Crippen molar-refractivity contribution >= 4 is 11.2 Å². The number of nitrogens with zero attached hydrogens (tertiary/aromatic N) is 3. The number of piperidine rings is 1. The van der Waals surface area contributed by atoms with Crippen LogP contribution >= 0.6 is 0 Å². The smallest absolute Gasteiger partial charge is 0.160 e. The first kappa shape index (κ1) is 13.6. The molecular formula is C16H24N4. The van der Waals surface area contributed by atoms with E-state index in [-0.39, 0.29) is 5.41 Å². The standard InChI is InChI=1S/C16H24N4/c1-16(2,3)11-20-14(12-6-9-17-10-7-12)19-13-5-4-8-18-15(13)20/h4-5,8,12,17H,6-7,9-11H2,1-3H3. The Morgan fingerprint density at radius 1 is 1.30 bits per heavy atom. The second kappa shape index (κ2) is 5.17. The Morgan fingerprint density at radius 2 is 2.05 bits per heavy atom. The van der Waals surface area contributed by atoms with Crippen LogP contribution in [0.1, 0.15) is 45.4 Å². The van der Waals surface area contributed by atoms with E-state index in [1.165, 1.54) is 18.7 Å². The van der Waals surface area contributed by atoms with E-state index in [9.17, 15) is 0 Å². The second-order valence-corrected chi connectivity index (χ2v) is 6.99. The molecule has 1 aliphatic heterocycles. The first-order valence-corrected chi connectivity index (χ1v) is 7.56. The number of hydrogen-bond donors (Lipinski definition) is 1. The molecule has 0 atom stereocenters. The fraction of sp³-hybridized carbons (Fsp3) is 0.625. The van der Waals surface area contributed by atoms with Crippen molar-refractivity contribution in [3.63, 3.8) is 0 Å². The van der Waals surface area contributed by atoms with Gasteiger partial charge in [0.1, 0.15) is 11.3 Å². The van der Waals surface area contributed by atoms with Crippen LogP contribution in [0.15, 0.2) is 18.3 Å². The topological polar surface area (TPSA) is 42.7 Å². The second-order valence-electron chi connectivity index (χ2n) is 6.99. The highest BCUT2D eigenvalue weighted by molar-refractivity contribution is 5.71. The molecule has 4 nitrogen and oxygen atoms in total. The zero-order chi connectivity index (χ0) is 14.2. The van der Waals surface area contributed by atoms with E-state index in [2.05, 4.69) is 41.7 Å². The quantitative estimate of drug-likeness (QED) is 0.914. The Bertz CT molecular complexity index is 588. The van der Waals surface area contributed by atoms with Crippen molar-refractivity contribution < 1.29 is 0 Å². The average Bonchev–Trinajstić information content (AvgIpc) is 2.77. The summed E-state index contributed by atoms with van der Waals surface area (Å²) in [6.07, 6.45) is 4.22. The molecule has 0 radical (unpaired) electrons. The fourth-order valence-electron chi connectivity index (χ4n) is 3.00. The Kier molecular flexibility index (Phi) is 3.50. The maximum Gasteiger partial charge on any atom is 0.160 e. The lowest BCUT2D eigenvalue weighted by atomic mass is 9.94. The zero-order valence-corrected chi connectivity index (χ0v) is 12.7. The van der Waals surface area contributed by atoms with Gasteiger partial charge >= 0.3 is 0 Å². The summed E-state index contributed by atoms with van der Waals surface area (Å²) in [6, 6.07) is 4.05. The number of imidazole rings is 1. The fourth-order valence-corrected chi connectivity index (χ4v) is 3.00. The average molecular weight is 272 g/mol. The van der Waals surface area contributed by atoms with E-state index in [0.29, 0.717) is 5.92 Å². The minimum atomic E-state index is 0.229. The van der Waals surface area contributed by atoms with E-state index < -0.39 is 0 Å². The normalized spacial score (nSPS) is 17.8. The van der Waals surface area contributed by atoms with Crippen LogP contribution in [0.25, 0.3) is 11.2 Å². The zero-order valence-electron chi connectivity index (χ0n) is 12.7. The molecule has 1 saturated heterocycles. The molecule has 0 aliphatic carbocycles. The Balaban J connectivity index is 2.06. The molecule has 2 aromatic rings. The molecular weight excluding hydrogens is 248 g/mol. The molecule has 1 fully saturated rings. The summed E-state index contributed by atoms with van der Waals surface area (Å²) < 4.78 is 2.35. The SMILES string of the molecule is CC(C)(C)Cn1c(C2CCNCC2)nc2cccnc21. The van der Waals surface area contributed by atoms with Crippen molar-refractivity contribution in [1.82, 2.24) is 19.9 Å². The summed E-state index contributed by atoms with van der Waals surface area (Å²) in [6.45, 7) is 9.98. The van der Waals surface area contributed by atoms with Crippen molar-refractivity contribution in [2.75, 3.05) is 13.1 Å². The van der Waals surface area contributed by atoms with Gasteiger partial charge in [-0.25, -0.2) is 9.97 Å². The number of nitrogens with one attached hydrogen (secondary N) is 1. The summed E-state index contributed by atoms with van der Waals surface area (Å²) >= 11 is 0. The molecule has 4 heteroatoms. The van der Waals surface area contributed by atoms with Gasteiger partial charge in [0.25, 0.3) is 0 Å². The first-order valence-electron chi connectivity index (χ1n) is 7.56. The minimum Gasteiger partial charge on any atom is -0.317 e. The lowest BCUT2D eigenvalue weighted by Crippen LogP contribution is -2.29. The van der Waals surface area contributed by atoms with Crippen molar-refractivity contribution in [3.8, 4) is 0 Å². The van der Waals surface area contributed by atoms with E-state index in [4.69, 9.17) is 4.98 Å². The molecule has 0 unspecified atom stereocenters. The summed E-state index contributed by atoms with van der Waals surface area (Å²) in [5.41, 5.74) is 2.30. The van der Waals surface area contributed by atoms with E-state index in [1.54, 1.807) is 0 Å². The van der Waals surface area contributed by atoms with Gasteiger partial charge < -0.3 is 9.88 Å². The van der Waals surface area contributed by atoms with Gasteiger partial charge in [-0.15, -0.1) is 0 Å². The van der Waals surface area contributed by atoms with Crippen molar-refractivity contribution in [3.05, 3.63) is 24.2 Å². The minimum absolute atomic E-state index is 0.229. The number of fused-ring (bicyclic) bond motifs is 1. The van der Waals surface area contributed by atoms with Crippen LogP contribution in [0.5, 0.6) is 0 Å². The lowest BCUT2D eigenvalue weighted by molar-refractivity contribution is 0.330. The molecule has 20 heavy (non-hydrogen) atoms. The van der Waals surface area contributed by atoms with Gasteiger partial charge in [0.2, 0.25) is 0 Å². The summed E-state index contributed by atoms with van der Waals surface area (Å²) in [5, 5.41) is 3.43. The number of hydrogen-bond acceptors (Lipinski definition) is 3. The van der Waals surface area contributed by atoms with Crippen molar-refractivity contribution in [1.29, 1.82) is 0 Å². The molecule has 3 rings (SSSR count). The summed E-state index contributed by atoms with van der Waals surface area (Å²) in [5.74, 6) is 1.79. The van der Waals surface area contributed by atoms with Crippen molar-refractivity contribution in [2.24, 2.45) is 5.41 Å². The van der Waals surface area contributed by atoms with E-state index in [0.717, 1.165) is 30.8 Å². The maximum atomic E-state index is 4.89. The van der Waals surface area contributed by atoms with Gasteiger partial charge in [-0.3, -0.25) is 0 Å². The van der Waals surface area contributed by atoms with Gasteiger partial charge in [-0.2, -0.15) is 0 Å². The van der Waals surface area contributed by atoms with Gasteiger partial charge in [0, 0.05) is 18.7 Å². The molecule has 0 spiro atoms. The molecule has 1 aliphatic rings. The van der Waals surface area contributed by atoms with Crippen LogP contribution in [0.4, 0.5) is 0 Å². The molecule has 0 amide bonds. The van der Waals surface area contributed by atoms with Gasteiger partial charge in [-0.1, -0.05) is 20.8 Å². The summed E-state index contributed by atoms with van der Waals surface area (Å²) in [7, 11) is 0. The molecule has 0 aromatic carbocycles. The Morgan fingerprint density at radius 3 is 2.75 bits per heavy atom. The third-order valence-electron chi connectivity index (χ3n) is 3.87. The van der Waals surface area contributed by atoms with Crippen molar-refractivity contribution in [2.45, 2.75) is 46.1 Å². The molecule has 108 valence electrons. The van der Waals surface area contributed by atoms with Crippen LogP contribution in [0.2, 0.25) is 0 Å². The molecule has 2 aromatic heterocycles. The van der Waals surface area contributed by atoms with Crippen LogP contribution < -0.4 is 5.32 Å². The third kappa shape index (κ3) is 2.70. The third-order valence-corrected chi connectivity index (χ3v) is 3.87. The van der Waals surface area contributed by atoms with E-state index in [1.807, 2.05) is 12.3 Å². The van der Waals surface area contributed by atoms with Crippen LogP contribution in [-0.2, 0) is 6.54 Å². The van der Waals surface area contributed by atoms with Gasteiger partial charge in [-0.05, 0) is 43.5 Å². The lowest BCUT2D eigenvalue weighted by Gasteiger charge is -2.26. The highest BCUT2D eigenvalue weighted by Gasteiger charge is 2.25. The number of rotatable bonds is 2. The Labute approximate surface area is 120 Å². The van der Waals surface area contributed by atoms with E-state index >= 15 is 0 Å². The monoisotopic (exact) mass is 272 g/mol. The number of aromatic nitrogens is 3.